The van der Waals surface area contributed by atoms with Gasteiger partial charge in [0.2, 0.25) is 5.91 Å². The van der Waals surface area contributed by atoms with E-state index in [-0.39, 0.29) is 24.5 Å². The zero-order valence-corrected chi connectivity index (χ0v) is 14.5. The van der Waals surface area contributed by atoms with Crippen molar-refractivity contribution in [1.29, 1.82) is 0 Å². The van der Waals surface area contributed by atoms with Crippen molar-refractivity contribution in [2.24, 2.45) is 0 Å². The van der Waals surface area contributed by atoms with Crippen LogP contribution >= 0.6 is 11.6 Å². The van der Waals surface area contributed by atoms with Crippen LogP contribution in [0.4, 0.5) is 5.69 Å². The van der Waals surface area contributed by atoms with Gasteiger partial charge in [0, 0.05) is 42.8 Å². The average Bonchev–Trinajstić information content (AvgIpc) is 3.09. The maximum Gasteiger partial charge on any atom is 0.224 e. The minimum atomic E-state index is -0.200. The molecule has 0 bridgehead atoms. The molecule has 0 saturated carbocycles. The number of anilines is 1. The third kappa shape index (κ3) is 4.90. The van der Waals surface area contributed by atoms with Crippen LogP contribution < -0.4 is 5.32 Å². The number of carbonyl (C=O) groups is 2. The molecule has 0 spiro atoms. The molecule has 0 aliphatic carbocycles. The van der Waals surface area contributed by atoms with Crippen LogP contribution in [0.2, 0.25) is 5.02 Å². The van der Waals surface area contributed by atoms with Crippen LogP contribution in [0, 0.1) is 0 Å². The second-order valence-electron chi connectivity index (χ2n) is 6.03. The van der Waals surface area contributed by atoms with E-state index >= 15 is 0 Å². The summed E-state index contributed by atoms with van der Waals surface area (Å²) in [6.07, 6.45) is 5.59. The van der Waals surface area contributed by atoms with Crippen molar-refractivity contribution in [2.75, 3.05) is 18.5 Å². The van der Waals surface area contributed by atoms with E-state index in [1.807, 2.05) is 10.9 Å². The summed E-state index contributed by atoms with van der Waals surface area (Å²) in [6, 6.07) is 6.98. The minimum Gasteiger partial charge on any atom is -0.381 e. The molecule has 132 valence electrons. The molecule has 1 fully saturated rings. The molecule has 3 rings (SSSR count). The number of Topliss-reactive ketones (excluding diaryl/α,β-unsaturated/α-hetero) is 1. The van der Waals surface area contributed by atoms with E-state index in [0.717, 1.165) is 26.1 Å². The number of carbonyl (C=O) groups excluding carboxylic acids is 2. The third-order valence-corrected chi connectivity index (χ3v) is 4.45. The summed E-state index contributed by atoms with van der Waals surface area (Å²) in [5, 5.41) is 7.68. The SMILES string of the molecule is O=C(CCC(=O)c1ccc(Cl)cc1)Nc1cnn(C2CCOCC2)c1. The van der Waals surface area contributed by atoms with Crippen molar-refractivity contribution in [3.05, 3.63) is 47.2 Å². The monoisotopic (exact) mass is 361 g/mol. The third-order valence-electron chi connectivity index (χ3n) is 4.20. The smallest absolute Gasteiger partial charge is 0.224 e. The number of benzene rings is 1. The molecule has 1 N–H and O–H groups in total. The fraction of sp³-hybridized carbons (Fsp3) is 0.389. The molecule has 1 aromatic carbocycles. The number of halogens is 1. The Morgan fingerprint density at radius 1 is 1.20 bits per heavy atom. The molecule has 0 unspecified atom stereocenters. The number of nitrogens with zero attached hydrogens (tertiary/aromatic N) is 2. The zero-order chi connectivity index (χ0) is 17.6. The molecule has 2 aromatic rings. The van der Waals surface area contributed by atoms with Gasteiger partial charge in [-0.05, 0) is 37.1 Å². The second-order valence-corrected chi connectivity index (χ2v) is 6.47. The Labute approximate surface area is 151 Å². The molecule has 7 heteroatoms. The summed E-state index contributed by atoms with van der Waals surface area (Å²) in [6.45, 7) is 1.47. The number of hydrogen-bond acceptors (Lipinski definition) is 4. The van der Waals surface area contributed by atoms with Crippen LogP contribution in [0.3, 0.4) is 0 Å². The molecule has 1 aliphatic heterocycles. The van der Waals surface area contributed by atoms with Gasteiger partial charge in [-0.2, -0.15) is 5.10 Å². The van der Waals surface area contributed by atoms with E-state index in [1.54, 1.807) is 30.5 Å². The Balaban J connectivity index is 1.48. The van der Waals surface area contributed by atoms with Crippen molar-refractivity contribution in [1.82, 2.24) is 9.78 Å². The van der Waals surface area contributed by atoms with Crippen molar-refractivity contribution < 1.29 is 14.3 Å². The number of nitrogens with one attached hydrogen (secondary N) is 1. The standard InChI is InChI=1S/C18H20ClN3O3/c19-14-3-1-13(2-4-14)17(23)5-6-18(24)21-15-11-20-22(12-15)16-7-9-25-10-8-16/h1-4,11-12,16H,5-10H2,(H,21,24). The molecule has 0 atom stereocenters. The van der Waals surface area contributed by atoms with E-state index in [4.69, 9.17) is 16.3 Å². The maximum atomic E-state index is 12.1. The highest BCUT2D eigenvalue weighted by Gasteiger charge is 2.17. The summed E-state index contributed by atoms with van der Waals surface area (Å²) in [5.74, 6) is -0.279. The first-order valence-corrected chi connectivity index (χ1v) is 8.70. The van der Waals surface area contributed by atoms with Gasteiger partial charge >= 0.3 is 0 Å². The summed E-state index contributed by atoms with van der Waals surface area (Å²) >= 11 is 5.80. The zero-order valence-electron chi connectivity index (χ0n) is 13.8. The van der Waals surface area contributed by atoms with Gasteiger partial charge < -0.3 is 10.1 Å². The van der Waals surface area contributed by atoms with Crippen LogP contribution in [0.25, 0.3) is 0 Å². The summed E-state index contributed by atoms with van der Waals surface area (Å²) < 4.78 is 7.21. The Morgan fingerprint density at radius 3 is 2.64 bits per heavy atom. The normalized spacial score (nSPS) is 15.1. The largest absolute Gasteiger partial charge is 0.381 e. The van der Waals surface area contributed by atoms with Gasteiger partial charge in [-0.25, -0.2) is 0 Å². The van der Waals surface area contributed by atoms with Crippen molar-refractivity contribution >= 4 is 29.0 Å². The highest BCUT2D eigenvalue weighted by atomic mass is 35.5. The fourth-order valence-corrected chi connectivity index (χ4v) is 2.91. The predicted molar refractivity (Wildman–Crippen MR) is 95.0 cm³/mol. The predicted octanol–water partition coefficient (Wildman–Crippen LogP) is 3.49. The van der Waals surface area contributed by atoms with Crippen LogP contribution in [-0.4, -0.2) is 34.7 Å². The maximum absolute atomic E-state index is 12.1. The van der Waals surface area contributed by atoms with E-state index < -0.39 is 0 Å². The molecule has 6 nitrogen and oxygen atoms in total. The lowest BCUT2D eigenvalue weighted by Crippen LogP contribution is -2.19. The Bertz CT molecular complexity index is 736. The van der Waals surface area contributed by atoms with Crippen LogP contribution in [-0.2, 0) is 9.53 Å². The Hall–Kier alpha value is -2.18. The van der Waals surface area contributed by atoms with E-state index in [2.05, 4.69) is 10.4 Å². The molecule has 0 radical (unpaired) electrons. The summed E-state index contributed by atoms with van der Waals surface area (Å²) in [4.78, 5) is 24.1. The van der Waals surface area contributed by atoms with E-state index in [1.165, 1.54) is 0 Å². The van der Waals surface area contributed by atoms with Gasteiger partial charge in [0.25, 0.3) is 0 Å². The highest BCUT2D eigenvalue weighted by molar-refractivity contribution is 6.30. The number of aromatic nitrogens is 2. The molecular formula is C18H20ClN3O3. The minimum absolute atomic E-state index is 0.0790. The second kappa shape index (κ2) is 8.27. The molecule has 1 saturated heterocycles. The van der Waals surface area contributed by atoms with Crippen LogP contribution in [0.1, 0.15) is 42.1 Å². The first-order chi connectivity index (χ1) is 12.1. The molecule has 1 aliphatic rings. The summed E-state index contributed by atoms with van der Waals surface area (Å²) in [7, 11) is 0. The van der Waals surface area contributed by atoms with Crippen molar-refractivity contribution in [2.45, 2.75) is 31.7 Å². The van der Waals surface area contributed by atoms with Crippen LogP contribution in [0.15, 0.2) is 36.7 Å². The molecule has 1 amide bonds. The van der Waals surface area contributed by atoms with Crippen molar-refractivity contribution in [3.63, 3.8) is 0 Å². The molecule has 25 heavy (non-hydrogen) atoms. The highest BCUT2D eigenvalue weighted by Crippen LogP contribution is 2.21. The molecular weight excluding hydrogens is 342 g/mol. The van der Waals surface area contributed by atoms with E-state index in [9.17, 15) is 9.59 Å². The van der Waals surface area contributed by atoms with Gasteiger partial charge in [-0.3, -0.25) is 14.3 Å². The number of ether oxygens (including phenoxy) is 1. The average molecular weight is 362 g/mol. The fourth-order valence-electron chi connectivity index (χ4n) is 2.78. The Kier molecular flexibility index (Phi) is 5.83. The van der Waals surface area contributed by atoms with Gasteiger partial charge in [0.1, 0.15) is 0 Å². The molecule has 1 aromatic heterocycles. The van der Waals surface area contributed by atoms with Gasteiger partial charge in [-0.1, -0.05) is 11.6 Å². The summed E-state index contributed by atoms with van der Waals surface area (Å²) in [5.41, 5.74) is 1.21. The van der Waals surface area contributed by atoms with Crippen molar-refractivity contribution in [3.8, 4) is 0 Å². The first-order valence-electron chi connectivity index (χ1n) is 8.32. The number of ketones is 1. The number of amides is 1. The van der Waals surface area contributed by atoms with E-state index in [0.29, 0.717) is 22.3 Å². The van der Waals surface area contributed by atoms with Gasteiger partial charge in [-0.15, -0.1) is 0 Å². The lowest BCUT2D eigenvalue weighted by atomic mass is 10.1. The van der Waals surface area contributed by atoms with Gasteiger partial charge in [0.15, 0.2) is 5.78 Å². The molecule has 2 heterocycles. The van der Waals surface area contributed by atoms with Gasteiger partial charge in [0.05, 0.1) is 17.9 Å². The Morgan fingerprint density at radius 2 is 1.92 bits per heavy atom. The first kappa shape index (κ1) is 17.6. The topological polar surface area (TPSA) is 73.2 Å². The lowest BCUT2D eigenvalue weighted by Gasteiger charge is -2.22. The quantitative estimate of drug-likeness (QED) is 0.799. The number of hydrogen-bond donors (Lipinski definition) is 1. The number of rotatable bonds is 6. The lowest BCUT2D eigenvalue weighted by molar-refractivity contribution is -0.116. The van der Waals surface area contributed by atoms with Crippen LogP contribution in [0.5, 0.6) is 0 Å².